The van der Waals surface area contributed by atoms with Gasteiger partial charge in [0.25, 0.3) is 0 Å². The molecule has 0 saturated carbocycles. The fourth-order valence-corrected chi connectivity index (χ4v) is 3.98. The predicted octanol–water partition coefficient (Wildman–Crippen LogP) is -6.55. The molecule has 15 heteroatoms. The van der Waals surface area contributed by atoms with Gasteiger partial charge in [0.1, 0.15) is 67.1 Å². The van der Waals surface area contributed by atoms with Crippen molar-refractivity contribution < 1.29 is 74.7 Å². The number of ether oxygens (including phenoxy) is 5. The molecule has 7 unspecified atom stereocenters. The third kappa shape index (κ3) is 5.32. The Balaban J connectivity index is 1.83. The highest BCUT2D eigenvalue weighted by Crippen LogP contribution is 2.32. The topological polar surface area (TPSA) is 248 Å². The van der Waals surface area contributed by atoms with E-state index >= 15 is 0 Å². The van der Waals surface area contributed by atoms with Crippen molar-refractivity contribution in [2.45, 2.75) is 99.0 Å². The first-order chi connectivity index (χ1) is 15.5. The van der Waals surface area contributed by atoms with Gasteiger partial charge >= 0.3 is 0 Å². The molecule has 3 saturated heterocycles. The van der Waals surface area contributed by atoms with E-state index in [0.717, 1.165) is 0 Å². The van der Waals surface area contributed by atoms with Crippen molar-refractivity contribution in [2.75, 3.05) is 13.2 Å². The van der Waals surface area contributed by atoms with Crippen LogP contribution in [0.25, 0.3) is 0 Å². The summed E-state index contributed by atoms with van der Waals surface area (Å²) in [5.74, 6) is 0. The molecule has 0 aromatic rings. The van der Waals surface area contributed by atoms with E-state index in [-0.39, 0.29) is 0 Å². The van der Waals surface area contributed by atoms with E-state index in [0.29, 0.717) is 0 Å². The Labute approximate surface area is 187 Å². The van der Waals surface area contributed by atoms with E-state index in [4.69, 9.17) is 23.7 Å². The summed E-state index contributed by atoms with van der Waals surface area (Å²) in [6.45, 7) is -0.128. The largest absolute Gasteiger partial charge is 0.394 e. The molecule has 15 atom stereocenters. The molecular formula is C18H32O15. The van der Waals surface area contributed by atoms with E-state index in [1.807, 2.05) is 0 Å². The van der Waals surface area contributed by atoms with Crippen molar-refractivity contribution in [1.82, 2.24) is 0 Å². The quantitative estimate of drug-likeness (QED) is 0.167. The molecule has 0 amide bonds. The van der Waals surface area contributed by atoms with E-state index in [1.54, 1.807) is 0 Å². The van der Waals surface area contributed by atoms with Gasteiger partial charge in [0.15, 0.2) is 18.9 Å². The lowest BCUT2D eigenvalue weighted by Gasteiger charge is -2.48. The summed E-state index contributed by atoms with van der Waals surface area (Å²) in [4.78, 5) is 0. The zero-order valence-electron chi connectivity index (χ0n) is 17.6. The SMILES string of the molecule is CC1O[C@@H](OC2[C@H](O[C@@H]3C(CO)OC(O)C(O)[C@H]3O)OC(CO)[C@H](O)[C@@H]2O)[C@@H](O)C(O)[C@@H]1O. The standard InChI is InChI=1S/C18H32O15/c1-4-7(21)9(23)13(27)17(29-4)33-15-10(24)8(22)5(2-19)31-18(15)32-14-6(3-20)30-16(28)12(26)11(14)25/h4-28H,2-3H2,1H3/t4?,5?,6?,7-,8+,9?,10+,11-,12?,13+,14-,15?,16?,17+,18+/m1/s1. The molecule has 0 bridgehead atoms. The Morgan fingerprint density at radius 2 is 1.12 bits per heavy atom. The molecule has 0 radical (unpaired) electrons. The second-order valence-corrected chi connectivity index (χ2v) is 8.32. The lowest BCUT2D eigenvalue weighted by molar-refractivity contribution is -0.385. The summed E-state index contributed by atoms with van der Waals surface area (Å²) in [5.41, 5.74) is 0. The highest BCUT2D eigenvalue weighted by Gasteiger charge is 2.53. The summed E-state index contributed by atoms with van der Waals surface area (Å²) in [7, 11) is 0. The van der Waals surface area contributed by atoms with Crippen molar-refractivity contribution >= 4 is 0 Å². The first-order valence-corrected chi connectivity index (χ1v) is 10.4. The van der Waals surface area contributed by atoms with Crippen LogP contribution in [-0.4, -0.2) is 156 Å². The van der Waals surface area contributed by atoms with Crippen molar-refractivity contribution in [1.29, 1.82) is 0 Å². The minimum atomic E-state index is -1.83. The van der Waals surface area contributed by atoms with Crippen LogP contribution >= 0.6 is 0 Å². The molecular weight excluding hydrogens is 456 g/mol. The van der Waals surface area contributed by atoms with E-state index in [1.165, 1.54) is 6.92 Å². The number of aliphatic hydroxyl groups excluding tert-OH is 10. The van der Waals surface area contributed by atoms with Gasteiger partial charge in [-0.2, -0.15) is 0 Å². The van der Waals surface area contributed by atoms with Gasteiger partial charge in [-0.3, -0.25) is 0 Å². The summed E-state index contributed by atoms with van der Waals surface area (Å²) in [5, 5.41) is 99.8. The van der Waals surface area contributed by atoms with Gasteiger partial charge in [-0.15, -0.1) is 0 Å². The van der Waals surface area contributed by atoms with Gasteiger partial charge in [-0.25, -0.2) is 0 Å². The van der Waals surface area contributed by atoms with Crippen molar-refractivity contribution in [3.63, 3.8) is 0 Å². The fraction of sp³-hybridized carbons (Fsp3) is 1.00. The molecule has 3 heterocycles. The molecule has 3 fully saturated rings. The van der Waals surface area contributed by atoms with Crippen LogP contribution in [0.1, 0.15) is 6.92 Å². The maximum atomic E-state index is 10.6. The fourth-order valence-electron chi connectivity index (χ4n) is 3.98. The summed E-state index contributed by atoms with van der Waals surface area (Å²) in [6, 6.07) is 0. The van der Waals surface area contributed by atoms with Gasteiger partial charge in [0.05, 0.1) is 19.3 Å². The Hall–Kier alpha value is -0.600. The molecule has 15 nitrogen and oxygen atoms in total. The highest BCUT2D eigenvalue weighted by atomic mass is 16.8. The van der Waals surface area contributed by atoms with Crippen molar-refractivity contribution in [3.05, 3.63) is 0 Å². The van der Waals surface area contributed by atoms with Crippen LogP contribution in [0.5, 0.6) is 0 Å². The maximum absolute atomic E-state index is 10.6. The van der Waals surface area contributed by atoms with Crippen LogP contribution in [0.3, 0.4) is 0 Å². The highest BCUT2D eigenvalue weighted by molar-refractivity contribution is 4.95. The third-order valence-corrected chi connectivity index (χ3v) is 6.05. The smallest absolute Gasteiger partial charge is 0.187 e. The van der Waals surface area contributed by atoms with Crippen LogP contribution in [0.4, 0.5) is 0 Å². The first kappa shape index (κ1) is 27.0. The Morgan fingerprint density at radius 1 is 0.545 bits per heavy atom. The van der Waals surface area contributed by atoms with E-state index in [2.05, 4.69) is 0 Å². The van der Waals surface area contributed by atoms with Gasteiger partial charge in [0.2, 0.25) is 0 Å². The Bertz CT molecular complexity index is 624. The van der Waals surface area contributed by atoms with E-state index < -0.39 is 105 Å². The van der Waals surface area contributed by atoms with Gasteiger partial charge < -0.3 is 74.7 Å². The average Bonchev–Trinajstić information content (AvgIpc) is 2.80. The molecule has 0 aromatic heterocycles. The molecule has 10 N–H and O–H groups in total. The van der Waals surface area contributed by atoms with Crippen LogP contribution in [0, 0.1) is 0 Å². The second-order valence-electron chi connectivity index (χ2n) is 8.32. The molecule has 3 rings (SSSR count). The predicted molar refractivity (Wildman–Crippen MR) is 99.8 cm³/mol. The number of hydrogen-bond donors (Lipinski definition) is 10. The average molecular weight is 488 g/mol. The molecule has 0 aromatic carbocycles. The van der Waals surface area contributed by atoms with Gasteiger partial charge in [-0.1, -0.05) is 0 Å². The minimum absolute atomic E-state index is 0.760. The second kappa shape index (κ2) is 11.0. The Morgan fingerprint density at radius 3 is 1.73 bits per heavy atom. The summed E-state index contributed by atoms with van der Waals surface area (Å²) >= 11 is 0. The third-order valence-electron chi connectivity index (χ3n) is 6.05. The normalized spacial score (nSPS) is 53.7. The van der Waals surface area contributed by atoms with Gasteiger partial charge in [-0.05, 0) is 6.92 Å². The zero-order chi connectivity index (χ0) is 24.6. The van der Waals surface area contributed by atoms with Crippen LogP contribution in [0.15, 0.2) is 0 Å². The molecule has 0 spiro atoms. The maximum Gasteiger partial charge on any atom is 0.187 e. The molecule has 3 aliphatic heterocycles. The summed E-state index contributed by atoms with van der Waals surface area (Å²) < 4.78 is 26.9. The minimum Gasteiger partial charge on any atom is -0.394 e. The van der Waals surface area contributed by atoms with Crippen LogP contribution in [-0.2, 0) is 23.7 Å². The molecule has 33 heavy (non-hydrogen) atoms. The number of aliphatic hydroxyl groups is 10. The molecule has 194 valence electrons. The lowest BCUT2D eigenvalue weighted by Crippen LogP contribution is -2.66. The molecule has 3 aliphatic rings. The van der Waals surface area contributed by atoms with Crippen molar-refractivity contribution in [2.24, 2.45) is 0 Å². The van der Waals surface area contributed by atoms with Crippen LogP contribution in [0.2, 0.25) is 0 Å². The monoisotopic (exact) mass is 488 g/mol. The summed E-state index contributed by atoms with van der Waals surface area (Å²) in [6.07, 6.45) is -24.1. The van der Waals surface area contributed by atoms with Crippen molar-refractivity contribution in [3.8, 4) is 0 Å². The van der Waals surface area contributed by atoms with Crippen LogP contribution < -0.4 is 0 Å². The number of hydrogen-bond acceptors (Lipinski definition) is 15. The van der Waals surface area contributed by atoms with Gasteiger partial charge in [0, 0.05) is 0 Å². The lowest BCUT2D eigenvalue weighted by atomic mass is 9.96. The number of rotatable bonds is 6. The zero-order valence-corrected chi connectivity index (χ0v) is 17.6. The van der Waals surface area contributed by atoms with E-state index in [9.17, 15) is 51.1 Å². The first-order valence-electron chi connectivity index (χ1n) is 10.4. The Kier molecular flexibility index (Phi) is 8.99. The molecule has 0 aliphatic carbocycles.